The number of methoxy groups -OCH3 is 1. The summed E-state index contributed by atoms with van der Waals surface area (Å²) < 4.78 is 4.86. The number of amides is 1. The van der Waals surface area contributed by atoms with Crippen molar-refractivity contribution >= 4 is 17.5 Å². The van der Waals surface area contributed by atoms with Crippen LogP contribution in [0.3, 0.4) is 0 Å². The monoisotopic (exact) mass is 257 g/mol. The van der Waals surface area contributed by atoms with Crippen LogP contribution in [0.1, 0.15) is 15.9 Å². The zero-order chi connectivity index (χ0) is 12.8. The van der Waals surface area contributed by atoms with Crippen molar-refractivity contribution < 1.29 is 14.6 Å². The number of carbonyl (C=O) groups is 1. The number of hydrogen-bond donors (Lipinski definition) is 2. The van der Waals surface area contributed by atoms with Crippen LogP contribution in [0.5, 0.6) is 5.75 Å². The van der Waals surface area contributed by atoms with Crippen LogP contribution < -0.4 is 5.32 Å². The van der Waals surface area contributed by atoms with Crippen molar-refractivity contribution in [2.45, 2.75) is 12.3 Å². The minimum absolute atomic E-state index is 0.147. The topological polar surface area (TPSA) is 58.6 Å². The molecule has 0 aromatic heterocycles. The van der Waals surface area contributed by atoms with Crippen molar-refractivity contribution in [2.24, 2.45) is 0 Å². The van der Waals surface area contributed by atoms with Gasteiger partial charge in [0.15, 0.2) is 0 Å². The highest BCUT2D eigenvalue weighted by Crippen LogP contribution is 2.15. The lowest BCUT2D eigenvalue weighted by atomic mass is 10.1. The molecular formula is C12H16ClNO3. The lowest BCUT2D eigenvalue weighted by Crippen LogP contribution is -2.32. The molecule has 0 spiro atoms. The lowest BCUT2D eigenvalue weighted by Gasteiger charge is -2.11. The second kappa shape index (κ2) is 6.47. The van der Waals surface area contributed by atoms with E-state index in [1.54, 1.807) is 26.2 Å². The Hall–Kier alpha value is -1.26. The number of halogens is 1. The Kier molecular flexibility index (Phi) is 5.25. The summed E-state index contributed by atoms with van der Waals surface area (Å²) in [6.45, 7) is 2.49. The number of alkyl halides is 1. The minimum Gasteiger partial charge on any atom is -0.508 e. The molecule has 0 heterocycles. The number of phenolic OH excluding ortho intramolecular Hbond substituents is 1. The number of benzene rings is 1. The number of aryl methyl sites for hydroxylation is 1. The second-order valence-electron chi connectivity index (χ2n) is 3.76. The molecule has 4 nitrogen and oxygen atoms in total. The van der Waals surface area contributed by atoms with Gasteiger partial charge >= 0.3 is 0 Å². The van der Waals surface area contributed by atoms with Crippen molar-refractivity contribution in [3.8, 4) is 5.75 Å². The third-order valence-electron chi connectivity index (χ3n) is 2.29. The maximum absolute atomic E-state index is 11.8. The molecule has 1 aromatic carbocycles. The van der Waals surface area contributed by atoms with E-state index in [1.807, 2.05) is 0 Å². The van der Waals surface area contributed by atoms with Crippen molar-refractivity contribution in [1.82, 2.24) is 5.32 Å². The first kappa shape index (κ1) is 13.8. The number of aromatic hydroxyl groups is 1. The van der Waals surface area contributed by atoms with Crippen LogP contribution >= 0.6 is 11.6 Å². The maximum Gasteiger partial charge on any atom is 0.251 e. The van der Waals surface area contributed by atoms with Crippen LogP contribution in [0.4, 0.5) is 0 Å². The van der Waals surface area contributed by atoms with Crippen LogP contribution in [0.2, 0.25) is 0 Å². The quantitative estimate of drug-likeness (QED) is 0.789. The van der Waals surface area contributed by atoms with E-state index in [2.05, 4.69) is 5.32 Å². The molecule has 0 fully saturated rings. The Morgan fingerprint density at radius 2 is 2.29 bits per heavy atom. The van der Waals surface area contributed by atoms with Crippen LogP contribution in [-0.2, 0) is 4.74 Å². The van der Waals surface area contributed by atoms with Gasteiger partial charge in [-0.25, -0.2) is 0 Å². The van der Waals surface area contributed by atoms with Crippen LogP contribution in [0.25, 0.3) is 0 Å². The Morgan fingerprint density at radius 3 is 2.88 bits per heavy atom. The van der Waals surface area contributed by atoms with Gasteiger partial charge in [0, 0.05) is 19.2 Å². The Bertz CT molecular complexity index is 395. The van der Waals surface area contributed by atoms with Gasteiger partial charge in [-0.05, 0) is 30.7 Å². The molecular weight excluding hydrogens is 242 g/mol. The number of nitrogens with one attached hydrogen (secondary N) is 1. The third-order valence-corrected chi connectivity index (χ3v) is 2.57. The number of hydrogen-bond acceptors (Lipinski definition) is 3. The van der Waals surface area contributed by atoms with E-state index in [0.717, 1.165) is 5.56 Å². The van der Waals surface area contributed by atoms with Gasteiger partial charge in [0.25, 0.3) is 5.91 Å². The molecule has 94 valence electrons. The Labute approximate surface area is 106 Å². The van der Waals surface area contributed by atoms with Crippen molar-refractivity contribution in [3.05, 3.63) is 29.3 Å². The molecule has 0 radical (unpaired) electrons. The van der Waals surface area contributed by atoms with Crippen LogP contribution in [0, 0.1) is 6.92 Å². The second-order valence-corrected chi connectivity index (χ2v) is 4.38. The largest absolute Gasteiger partial charge is 0.508 e. The summed E-state index contributed by atoms with van der Waals surface area (Å²) in [5, 5.41) is 11.7. The van der Waals surface area contributed by atoms with E-state index >= 15 is 0 Å². The molecule has 2 N–H and O–H groups in total. The Morgan fingerprint density at radius 1 is 1.59 bits per heavy atom. The fraction of sp³-hybridized carbons (Fsp3) is 0.417. The molecule has 0 aliphatic heterocycles. The van der Waals surface area contributed by atoms with Crippen LogP contribution in [0.15, 0.2) is 18.2 Å². The average molecular weight is 258 g/mol. The normalized spacial score (nSPS) is 12.2. The van der Waals surface area contributed by atoms with E-state index in [4.69, 9.17) is 16.3 Å². The molecule has 1 aromatic rings. The molecule has 1 amide bonds. The van der Waals surface area contributed by atoms with Gasteiger partial charge in [-0.2, -0.15) is 0 Å². The van der Waals surface area contributed by atoms with Gasteiger partial charge in [0.05, 0.1) is 12.0 Å². The fourth-order valence-corrected chi connectivity index (χ4v) is 1.64. The summed E-state index contributed by atoms with van der Waals surface area (Å²) in [5.41, 5.74) is 1.25. The molecule has 1 rings (SSSR count). The summed E-state index contributed by atoms with van der Waals surface area (Å²) in [6, 6.07) is 4.61. The molecule has 0 bridgehead atoms. The number of phenols is 1. The number of rotatable bonds is 5. The summed E-state index contributed by atoms with van der Waals surface area (Å²) in [6.07, 6.45) is 0. The smallest absolute Gasteiger partial charge is 0.251 e. The molecule has 17 heavy (non-hydrogen) atoms. The van der Waals surface area contributed by atoms with Gasteiger partial charge < -0.3 is 15.2 Å². The fourth-order valence-electron chi connectivity index (χ4n) is 1.44. The third kappa shape index (κ3) is 4.24. The molecule has 0 saturated carbocycles. The number of ether oxygens (including phenoxy) is 1. The van der Waals surface area contributed by atoms with E-state index in [9.17, 15) is 9.90 Å². The molecule has 0 aliphatic rings. The van der Waals surface area contributed by atoms with Crippen molar-refractivity contribution in [3.63, 3.8) is 0 Å². The molecule has 0 saturated heterocycles. The van der Waals surface area contributed by atoms with Gasteiger partial charge in [0.1, 0.15) is 5.75 Å². The highest BCUT2D eigenvalue weighted by molar-refractivity contribution is 6.21. The average Bonchev–Trinajstić information content (AvgIpc) is 2.26. The van der Waals surface area contributed by atoms with E-state index in [-0.39, 0.29) is 17.0 Å². The zero-order valence-corrected chi connectivity index (χ0v) is 10.6. The van der Waals surface area contributed by atoms with Crippen LogP contribution in [-0.4, -0.2) is 36.7 Å². The maximum atomic E-state index is 11.8. The molecule has 1 atom stereocenters. The molecule has 5 heteroatoms. The van der Waals surface area contributed by atoms with Gasteiger partial charge in [-0.3, -0.25) is 4.79 Å². The molecule has 0 aliphatic carbocycles. The number of carbonyl (C=O) groups excluding carboxylic acids is 1. The predicted octanol–water partition coefficient (Wildman–Crippen LogP) is 1.68. The summed E-state index contributed by atoms with van der Waals surface area (Å²) in [4.78, 5) is 11.8. The van der Waals surface area contributed by atoms with Crippen molar-refractivity contribution in [1.29, 1.82) is 0 Å². The van der Waals surface area contributed by atoms with Gasteiger partial charge in [-0.1, -0.05) is 0 Å². The molecule has 1 unspecified atom stereocenters. The van der Waals surface area contributed by atoms with Gasteiger partial charge in [0.2, 0.25) is 0 Å². The summed E-state index contributed by atoms with van der Waals surface area (Å²) in [5.74, 6) is -0.0575. The Balaban J connectivity index is 2.58. The first-order valence-electron chi connectivity index (χ1n) is 5.25. The highest BCUT2D eigenvalue weighted by atomic mass is 35.5. The van der Waals surface area contributed by atoms with E-state index < -0.39 is 0 Å². The lowest BCUT2D eigenvalue weighted by molar-refractivity contribution is 0.0948. The minimum atomic E-state index is -0.249. The first-order chi connectivity index (χ1) is 8.04. The SMILES string of the molecule is COCC(Cl)CNC(=O)c1ccc(O)cc1C. The highest BCUT2D eigenvalue weighted by Gasteiger charge is 2.11. The summed E-state index contributed by atoms with van der Waals surface area (Å²) in [7, 11) is 1.56. The van der Waals surface area contributed by atoms with E-state index in [1.165, 1.54) is 6.07 Å². The van der Waals surface area contributed by atoms with Gasteiger partial charge in [-0.15, -0.1) is 11.6 Å². The zero-order valence-electron chi connectivity index (χ0n) is 9.87. The summed E-state index contributed by atoms with van der Waals surface area (Å²) >= 11 is 5.90. The van der Waals surface area contributed by atoms with E-state index in [0.29, 0.717) is 18.7 Å². The first-order valence-corrected chi connectivity index (χ1v) is 5.69. The standard InChI is InChI=1S/C12H16ClNO3/c1-8-5-10(15)3-4-11(8)12(16)14-6-9(13)7-17-2/h3-5,9,15H,6-7H2,1-2H3,(H,14,16). The predicted molar refractivity (Wildman–Crippen MR) is 66.7 cm³/mol. The van der Waals surface area contributed by atoms with Crippen molar-refractivity contribution in [2.75, 3.05) is 20.3 Å².